The van der Waals surface area contributed by atoms with Gasteiger partial charge in [0.2, 0.25) is 0 Å². The number of carboxylic acid groups (broad SMARTS) is 1. The van der Waals surface area contributed by atoms with E-state index in [0.29, 0.717) is 22.8 Å². The molecule has 0 saturated carbocycles. The fourth-order valence-electron chi connectivity index (χ4n) is 2.33. The van der Waals surface area contributed by atoms with Gasteiger partial charge in [-0.2, -0.15) is 0 Å². The summed E-state index contributed by atoms with van der Waals surface area (Å²) in [5, 5.41) is 20.1. The average Bonchev–Trinajstić information content (AvgIpc) is 3.02. The van der Waals surface area contributed by atoms with Crippen molar-refractivity contribution < 1.29 is 19.4 Å². The van der Waals surface area contributed by atoms with Gasteiger partial charge in [0.1, 0.15) is 6.04 Å². The number of aliphatic carboxylic acids is 1. The molecule has 25 heavy (non-hydrogen) atoms. The Hall–Kier alpha value is -2.45. The van der Waals surface area contributed by atoms with Crippen molar-refractivity contribution in [1.29, 1.82) is 0 Å². The molecule has 0 saturated heterocycles. The number of methoxy groups -OCH3 is 1. The molecule has 1 unspecified atom stereocenters. The fraction of sp³-hybridized carbons (Fsp3) is 0.375. The van der Waals surface area contributed by atoms with Crippen LogP contribution in [0.3, 0.4) is 0 Å². The van der Waals surface area contributed by atoms with Crippen molar-refractivity contribution in [2.45, 2.75) is 25.8 Å². The van der Waals surface area contributed by atoms with E-state index in [0.717, 1.165) is 0 Å². The van der Waals surface area contributed by atoms with Gasteiger partial charge in [-0.05, 0) is 24.6 Å². The molecule has 0 aliphatic carbocycles. The van der Waals surface area contributed by atoms with Crippen LogP contribution in [0.4, 0.5) is 0 Å². The van der Waals surface area contributed by atoms with E-state index in [9.17, 15) is 14.7 Å². The number of hydrogen-bond donors (Lipinski definition) is 2. The molecule has 0 spiro atoms. The molecule has 0 radical (unpaired) electrons. The van der Waals surface area contributed by atoms with Gasteiger partial charge in [0.15, 0.2) is 5.69 Å². The van der Waals surface area contributed by atoms with E-state index in [1.807, 2.05) is 6.92 Å². The lowest BCUT2D eigenvalue weighted by molar-refractivity contribution is -0.139. The predicted octanol–water partition coefficient (Wildman–Crippen LogP) is 1.70. The molecule has 8 nitrogen and oxygen atoms in total. The molecule has 1 heterocycles. The standard InChI is InChI=1S/C16H19ClN4O4/c1-3-13-14(15(22)18-12(16(23)24)7-8-25-2)19-20-21(13)11-6-4-5-10(17)9-11/h4-6,9,12H,3,7-8H2,1-2H3,(H,18,22)(H,23,24). The van der Waals surface area contributed by atoms with Gasteiger partial charge in [0.05, 0.1) is 11.4 Å². The smallest absolute Gasteiger partial charge is 0.326 e. The van der Waals surface area contributed by atoms with Gasteiger partial charge in [0.25, 0.3) is 5.91 Å². The van der Waals surface area contributed by atoms with Crippen molar-refractivity contribution in [2.75, 3.05) is 13.7 Å². The van der Waals surface area contributed by atoms with Crippen LogP contribution in [0.2, 0.25) is 5.02 Å². The van der Waals surface area contributed by atoms with Crippen LogP contribution in [-0.2, 0) is 16.0 Å². The van der Waals surface area contributed by atoms with Gasteiger partial charge in [-0.1, -0.05) is 29.8 Å². The van der Waals surface area contributed by atoms with E-state index in [1.54, 1.807) is 24.3 Å². The topological polar surface area (TPSA) is 106 Å². The molecule has 1 aromatic heterocycles. The predicted molar refractivity (Wildman–Crippen MR) is 91.1 cm³/mol. The Morgan fingerprint density at radius 3 is 2.80 bits per heavy atom. The summed E-state index contributed by atoms with van der Waals surface area (Å²) in [7, 11) is 1.46. The van der Waals surface area contributed by atoms with E-state index in [-0.39, 0.29) is 18.7 Å². The average molecular weight is 367 g/mol. The van der Waals surface area contributed by atoms with E-state index in [1.165, 1.54) is 11.8 Å². The monoisotopic (exact) mass is 366 g/mol. The Balaban J connectivity index is 2.27. The Labute approximate surface area is 149 Å². The van der Waals surface area contributed by atoms with E-state index < -0.39 is 17.9 Å². The number of amides is 1. The van der Waals surface area contributed by atoms with Crippen LogP contribution in [-0.4, -0.2) is 51.7 Å². The number of benzene rings is 1. The molecular weight excluding hydrogens is 348 g/mol. The second-order valence-corrected chi connectivity index (χ2v) is 5.71. The minimum Gasteiger partial charge on any atom is -0.480 e. The minimum absolute atomic E-state index is 0.0890. The number of carbonyl (C=O) groups excluding carboxylic acids is 1. The van der Waals surface area contributed by atoms with Crippen molar-refractivity contribution in [1.82, 2.24) is 20.3 Å². The summed E-state index contributed by atoms with van der Waals surface area (Å²) in [6, 6.07) is 5.93. The highest BCUT2D eigenvalue weighted by Gasteiger charge is 2.25. The number of nitrogens with one attached hydrogen (secondary N) is 1. The highest BCUT2D eigenvalue weighted by molar-refractivity contribution is 6.30. The van der Waals surface area contributed by atoms with E-state index in [2.05, 4.69) is 15.6 Å². The van der Waals surface area contributed by atoms with Crippen LogP contribution in [0.15, 0.2) is 24.3 Å². The molecule has 2 N–H and O–H groups in total. The maximum Gasteiger partial charge on any atom is 0.326 e. The second-order valence-electron chi connectivity index (χ2n) is 5.28. The number of nitrogens with zero attached hydrogens (tertiary/aromatic N) is 3. The Bertz CT molecular complexity index is 762. The third-order valence-corrected chi connectivity index (χ3v) is 3.82. The SMILES string of the molecule is CCc1c(C(=O)NC(CCOC)C(=O)O)nnn1-c1cccc(Cl)c1. The molecule has 2 aromatic rings. The van der Waals surface area contributed by atoms with Gasteiger partial charge < -0.3 is 15.2 Å². The third-order valence-electron chi connectivity index (χ3n) is 3.58. The first-order chi connectivity index (χ1) is 12.0. The number of ether oxygens (including phenoxy) is 1. The van der Waals surface area contributed by atoms with Gasteiger partial charge in [-0.15, -0.1) is 5.10 Å². The lowest BCUT2D eigenvalue weighted by atomic mass is 10.2. The maximum atomic E-state index is 12.5. The number of carboxylic acids is 1. The molecule has 1 atom stereocenters. The van der Waals surface area contributed by atoms with Gasteiger partial charge in [0, 0.05) is 25.2 Å². The summed E-state index contributed by atoms with van der Waals surface area (Å²) >= 11 is 5.99. The lowest BCUT2D eigenvalue weighted by Crippen LogP contribution is -2.42. The van der Waals surface area contributed by atoms with Crippen LogP contribution in [0.5, 0.6) is 0 Å². The highest BCUT2D eigenvalue weighted by atomic mass is 35.5. The summed E-state index contributed by atoms with van der Waals surface area (Å²) in [6.45, 7) is 2.07. The maximum absolute atomic E-state index is 12.5. The number of halogens is 1. The zero-order chi connectivity index (χ0) is 18.4. The molecule has 0 fully saturated rings. The van der Waals surface area contributed by atoms with Crippen molar-refractivity contribution in [3.05, 3.63) is 40.7 Å². The quantitative estimate of drug-likeness (QED) is 0.736. The first kappa shape index (κ1) is 18.9. The molecule has 2 rings (SSSR count). The molecule has 134 valence electrons. The lowest BCUT2D eigenvalue weighted by Gasteiger charge is -2.13. The summed E-state index contributed by atoms with van der Waals surface area (Å²) in [5.74, 6) is -1.72. The molecule has 1 aromatic carbocycles. The second kappa shape index (κ2) is 8.59. The van der Waals surface area contributed by atoms with Crippen LogP contribution >= 0.6 is 11.6 Å². The van der Waals surface area contributed by atoms with Crippen LogP contribution in [0, 0.1) is 0 Å². The van der Waals surface area contributed by atoms with Gasteiger partial charge in [-0.3, -0.25) is 4.79 Å². The zero-order valence-corrected chi connectivity index (χ0v) is 14.7. The van der Waals surface area contributed by atoms with Crippen molar-refractivity contribution in [3.63, 3.8) is 0 Å². The Kier molecular flexibility index (Phi) is 6.49. The van der Waals surface area contributed by atoms with Gasteiger partial charge in [-0.25, -0.2) is 9.48 Å². The zero-order valence-electron chi connectivity index (χ0n) is 13.9. The fourth-order valence-corrected chi connectivity index (χ4v) is 2.51. The normalized spacial score (nSPS) is 12.0. The molecule has 0 bridgehead atoms. The molecule has 0 aliphatic heterocycles. The largest absolute Gasteiger partial charge is 0.480 e. The number of hydrogen-bond acceptors (Lipinski definition) is 5. The van der Waals surface area contributed by atoms with Crippen molar-refractivity contribution in [2.24, 2.45) is 0 Å². The molecular formula is C16H19ClN4O4. The van der Waals surface area contributed by atoms with Crippen LogP contribution < -0.4 is 5.32 Å². The van der Waals surface area contributed by atoms with E-state index in [4.69, 9.17) is 16.3 Å². The summed E-state index contributed by atoms with van der Waals surface area (Å²) in [5.41, 5.74) is 1.33. The van der Waals surface area contributed by atoms with Gasteiger partial charge >= 0.3 is 5.97 Å². The van der Waals surface area contributed by atoms with Crippen molar-refractivity contribution >= 4 is 23.5 Å². The Morgan fingerprint density at radius 2 is 2.20 bits per heavy atom. The Morgan fingerprint density at radius 1 is 1.44 bits per heavy atom. The number of carbonyl (C=O) groups is 2. The van der Waals surface area contributed by atoms with Crippen LogP contribution in [0.25, 0.3) is 5.69 Å². The summed E-state index contributed by atoms with van der Waals surface area (Å²) < 4.78 is 6.39. The third kappa shape index (κ3) is 4.55. The first-order valence-corrected chi connectivity index (χ1v) is 8.08. The molecule has 1 amide bonds. The molecule has 9 heteroatoms. The highest BCUT2D eigenvalue weighted by Crippen LogP contribution is 2.18. The summed E-state index contributed by atoms with van der Waals surface area (Å²) in [6.07, 6.45) is 0.638. The number of rotatable bonds is 8. The van der Waals surface area contributed by atoms with E-state index >= 15 is 0 Å². The molecule has 0 aliphatic rings. The summed E-state index contributed by atoms with van der Waals surface area (Å²) in [4.78, 5) is 23.7. The first-order valence-electron chi connectivity index (χ1n) is 7.71. The van der Waals surface area contributed by atoms with Crippen molar-refractivity contribution in [3.8, 4) is 5.69 Å². The minimum atomic E-state index is -1.13. The number of aromatic nitrogens is 3. The van der Waals surface area contributed by atoms with Crippen LogP contribution in [0.1, 0.15) is 29.5 Å².